The third kappa shape index (κ3) is 7.59. The second-order valence-corrected chi connectivity index (χ2v) is 11.9. The number of aliphatic hydroxyl groups excluding tert-OH is 1. The average molecular weight is 729 g/mol. The maximum atomic E-state index is 13.7. The first kappa shape index (κ1) is 36.2. The number of aryl methyl sites for hydroxylation is 2. The summed E-state index contributed by atoms with van der Waals surface area (Å²) in [6.07, 6.45) is 4.99. The van der Waals surface area contributed by atoms with E-state index < -0.39 is 17.7 Å². The van der Waals surface area contributed by atoms with E-state index in [0.29, 0.717) is 23.2 Å². The normalized spacial score (nSPS) is 15.1. The third-order valence-electron chi connectivity index (χ3n) is 8.38. The SMILES string of the molecule is COc1nc(-c2cccc(-c3cccc(Nc4nc(C(F)F)cc5cnn(C)c(=O)c45)c3C)c2Cl)cc2c1[CH-]CC2.OC1[CH-]CCOC1.[Mn+2]. The van der Waals surface area contributed by atoms with Crippen molar-refractivity contribution in [3.05, 3.63) is 105 Å². The van der Waals surface area contributed by atoms with Crippen LogP contribution in [-0.4, -0.2) is 51.3 Å². The predicted molar refractivity (Wildman–Crippen MR) is 182 cm³/mol. The quantitative estimate of drug-likeness (QED) is 0.140. The minimum Gasteiger partial charge on any atom is -0.537 e. The third-order valence-corrected chi connectivity index (χ3v) is 8.78. The Morgan fingerprint density at radius 3 is 2.57 bits per heavy atom. The molecule has 1 radical (unpaired) electrons. The first-order chi connectivity index (χ1) is 23.2. The minimum atomic E-state index is -2.82. The number of aliphatic hydroxyl groups is 1. The van der Waals surface area contributed by atoms with Gasteiger partial charge in [-0.1, -0.05) is 60.8 Å². The van der Waals surface area contributed by atoms with Gasteiger partial charge in [0, 0.05) is 48.2 Å². The van der Waals surface area contributed by atoms with E-state index in [0.717, 1.165) is 64.1 Å². The number of rotatable bonds is 6. The van der Waals surface area contributed by atoms with Crippen LogP contribution < -0.4 is 15.6 Å². The molecule has 2 aliphatic rings. The van der Waals surface area contributed by atoms with Gasteiger partial charge < -0.3 is 19.9 Å². The molecule has 7 rings (SSSR count). The number of halogens is 3. The second-order valence-electron chi connectivity index (χ2n) is 11.5. The summed E-state index contributed by atoms with van der Waals surface area (Å²) in [6.45, 7) is 3.16. The number of alkyl halides is 2. The minimum absolute atomic E-state index is 0. The average Bonchev–Trinajstić information content (AvgIpc) is 3.57. The Kier molecular flexibility index (Phi) is 11.6. The van der Waals surface area contributed by atoms with Crippen molar-refractivity contribution < 1.29 is 40.4 Å². The standard InChI is InChI=1S/C31H25ClF2N5O2.C5H9O2.Mn/c1-16-19(21-10-5-11-22(27(21)32)24-13-17-7-4-9-20(17)30(38-24)41-3)8-6-12-23(16)36-29-26-18(14-25(37-29)28(33)34)15-35-39(2)31(26)40;6-5-2-1-3-7-4-5;/h5-6,8-15,28H,4,7H2,1-3H3,(H,36,37);2,5-6H,1,3-4H2;/q2*-1;+2. The summed E-state index contributed by atoms with van der Waals surface area (Å²) >= 11 is 7.03. The van der Waals surface area contributed by atoms with E-state index in [1.807, 2.05) is 43.7 Å². The van der Waals surface area contributed by atoms with Gasteiger partial charge in [-0.25, -0.2) is 18.4 Å². The Morgan fingerprint density at radius 1 is 1.12 bits per heavy atom. The Labute approximate surface area is 298 Å². The molecule has 4 heterocycles. The topological polar surface area (TPSA) is 111 Å². The molecule has 1 unspecified atom stereocenters. The van der Waals surface area contributed by atoms with Crippen molar-refractivity contribution in [3.8, 4) is 28.3 Å². The van der Waals surface area contributed by atoms with Gasteiger partial charge in [-0.05, 0) is 36.3 Å². The summed E-state index contributed by atoms with van der Waals surface area (Å²) in [5.41, 5.74) is 5.78. The summed E-state index contributed by atoms with van der Waals surface area (Å²) in [5.74, 6) is 0.609. The molecule has 1 fully saturated rings. The molecule has 1 aliphatic heterocycles. The molecule has 255 valence electrons. The van der Waals surface area contributed by atoms with Crippen LogP contribution in [0.25, 0.3) is 33.2 Å². The van der Waals surface area contributed by atoms with Gasteiger partial charge in [-0.15, -0.1) is 11.1 Å². The molecule has 1 saturated heterocycles. The van der Waals surface area contributed by atoms with Gasteiger partial charge in [0.25, 0.3) is 12.0 Å². The van der Waals surface area contributed by atoms with Crippen molar-refractivity contribution >= 4 is 33.9 Å². The monoisotopic (exact) mass is 728 g/mol. The van der Waals surface area contributed by atoms with Gasteiger partial charge >= 0.3 is 17.1 Å². The smallest absolute Gasteiger partial charge is 0.537 e. The van der Waals surface area contributed by atoms with Crippen LogP contribution in [0.3, 0.4) is 0 Å². The van der Waals surface area contributed by atoms with Gasteiger partial charge in [-0.2, -0.15) is 17.9 Å². The van der Waals surface area contributed by atoms with E-state index in [1.165, 1.54) is 24.9 Å². The molecular formula is C36H34ClF2MnN5O4. The maximum Gasteiger partial charge on any atom is 2.00 e. The summed E-state index contributed by atoms with van der Waals surface area (Å²) < 4.78 is 39.0. The van der Waals surface area contributed by atoms with Crippen LogP contribution in [0.5, 0.6) is 5.88 Å². The van der Waals surface area contributed by atoms with E-state index in [9.17, 15) is 13.6 Å². The zero-order valence-corrected chi connectivity index (χ0v) is 29.0. The fourth-order valence-electron chi connectivity index (χ4n) is 5.89. The van der Waals surface area contributed by atoms with E-state index in [4.69, 9.17) is 31.2 Å². The van der Waals surface area contributed by atoms with Gasteiger partial charge in [0.2, 0.25) is 0 Å². The van der Waals surface area contributed by atoms with E-state index in [1.54, 1.807) is 13.2 Å². The largest absolute Gasteiger partial charge is 2.00 e. The zero-order valence-electron chi connectivity index (χ0n) is 27.0. The van der Waals surface area contributed by atoms with Crippen molar-refractivity contribution in [1.29, 1.82) is 0 Å². The first-order valence-electron chi connectivity index (χ1n) is 15.5. The molecule has 13 heteroatoms. The number of aromatic nitrogens is 4. The van der Waals surface area contributed by atoms with Crippen molar-refractivity contribution in [3.63, 3.8) is 0 Å². The zero-order chi connectivity index (χ0) is 33.9. The summed E-state index contributed by atoms with van der Waals surface area (Å²) in [5, 5.41) is 16.8. The number of nitrogens with one attached hydrogen (secondary N) is 1. The number of fused-ring (bicyclic) bond motifs is 2. The Balaban J connectivity index is 0.000000523. The van der Waals surface area contributed by atoms with Crippen molar-refractivity contribution in [1.82, 2.24) is 19.7 Å². The molecule has 0 amide bonds. The number of hydrogen-bond donors (Lipinski definition) is 2. The Bertz CT molecular complexity index is 2040. The van der Waals surface area contributed by atoms with Crippen LogP contribution in [-0.2, 0) is 35.3 Å². The Hall–Kier alpha value is -4.06. The van der Waals surface area contributed by atoms with E-state index in [2.05, 4.69) is 27.9 Å². The Morgan fingerprint density at radius 2 is 1.88 bits per heavy atom. The van der Waals surface area contributed by atoms with E-state index >= 15 is 0 Å². The molecule has 0 saturated carbocycles. The first-order valence-corrected chi connectivity index (χ1v) is 15.8. The number of pyridine rings is 2. The molecule has 9 nitrogen and oxygen atoms in total. The molecule has 2 aromatic carbocycles. The van der Waals surface area contributed by atoms with E-state index in [-0.39, 0.29) is 39.8 Å². The fourth-order valence-corrected chi connectivity index (χ4v) is 6.22. The van der Waals surface area contributed by atoms with Crippen LogP contribution in [0.1, 0.15) is 41.7 Å². The van der Waals surface area contributed by atoms with Gasteiger partial charge in [0.1, 0.15) is 17.4 Å². The van der Waals surface area contributed by atoms with Crippen molar-refractivity contribution in [2.45, 2.75) is 38.7 Å². The number of benzene rings is 2. The van der Waals surface area contributed by atoms with Gasteiger partial charge in [-0.3, -0.25) is 16.2 Å². The van der Waals surface area contributed by atoms with Gasteiger partial charge in [0.15, 0.2) is 0 Å². The molecular weight excluding hydrogens is 695 g/mol. The second kappa shape index (κ2) is 15.7. The summed E-state index contributed by atoms with van der Waals surface area (Å²) in [7, 11) is 3.11. The van der Waals surface area contributed by atoms with Crippen LogP contribution >= 0.6 is 11.6 Å². The fraction of sp³-hybridized carbons (Fsp3) is 0.278. The molecule has 1 aliphatic carbocycles. The van der Waals surface area contributed by atoms with Crippen LogP contribution in [0.4, 0.5) is 20.3 Å². The summed E-state index contributed by atoms with van der Waals surface area (Å²) in [4.78, 5) is 21.8. The number of hydrogen-bond acceptors (Lipinski definition) is 8. The summed E-state index contributed by atoms with van der Waals surface area (Å²) in [6, 6.07) is 14.6. The molecule has 49 heavy (non-hydrogen) atoms. The molecule has 0 spiro atoms. The van der Waals surface area contributed by atoms with Crippen LogP contribution in [0.15, 0.2) is 59.5 Å². The number of anilines is 2. The molecule has 2 N–H and O–H groups in total. The van der Waals surface area contributed by atoms with Crippen molar-refractivity contribution in [2.75, 3.05) is 25.6 Å². The van der Waals surface area contributed by atoms with Gasteiger partial charge in [0.05, 0.1) is 23.7 Å². The van der Waals surface area contributed by atoms with Crippen LogP contribution in [0.2, 0.25) is 5.02 Å². The number of methoxy groups -OCH3 is 1. The molecule has 5 aromatic rings. The molecule has 0 bridgehead atoms. The molecule has 1 atom stereocenters. The number of ether oxygens (including phenoxy) is 2. The number of nitrogens with zero attached hydrogens (tertiary/aromatic N) is 4. The molecule has 3 aromatic heterocycles. The van der Waals surface area contributed by atoms with Crippen molar-refractivity contribution in [2.24, 2.45) is 7.05 Å². The maximum absolute atomic E-state index is 13.7. The predicted octanol–water partition coefficient (Wildman–Crippen LogP) is 7.18. The van der Waals surface area contributed by atoms with Crippen LogP contribution in [0, 0.1) is 19.8 Å².